The quantitative estimate of drug-likeness (QED) is 0.668. The highest BCUT2D eigenvalue weighted by molar-refractivity contribution is 5.75. The van der Waals surface area contributed by atoms with Crippen LogP contribution in [0.4, 0.5) is 0 Å². The predicted molar refractivity (Wildman–Crippen MR) is 95.6 cm³/mol. The molecule has 6 heteroatoms. The summed E-state index contributed by atoms with van der Waals surface area (Å²) in [4.78, 5) is 16.1. The number of para-hydroxylation sites is 1. The van der Waals surface area contributed by atoms with Gasteiger partial charge in [0.25, 0.3) is 0 Å². The van der Waals surface area contributed by atoms with E-state index in [1.54, 1.807) is 0 Å². The number of hydrogen-bond donors (Lipinski definition) is 1. The highest BCUT2D eigenvalue weighted by Gasteiger charge is 2.09. The highest BCUT2D eigenvalue weighted by Crippen LogP contribution is 2.16. The molecule has 2 aromatic rings. The standard InChI is InChI=1S/C19H27N3O3/c1-14(2)19-21-18(25-22-19)11-6-12-20-17(23)10-7-13-24-16-9-5-4-8-15(16)3/h4-5,8-9,14H,6-7,10-13H2,1-3H3,(H,20,23). The van der Waals surface area contributed by atoms with Crippen LogP contribution in [0.15, 0.2) is 28.8 Å². The lowest BCUT2D eigenvalue weighted by atomic mass is 10.2. The number of ether oxygens (including phenoxy) is 1. The Hall–Kier alpha value is -2.37. The van der Waals surface area contributed by atoms with E-state index in [4.69, 9.17) is 9.26 Å². The fourth-order valence-corrected chi connectivity index (χ4v) is 2.29. The first-order chi connectivity index (χ1) is 12.1. The number of rotatable bonds is 10. The van der Waals surface area contributed by atoms with E-state index in [1.807, 2.05) is 45.0 Å². The zero-order valence-electron chi connectivity index (χ0n) is 15.2. The Bertz CT molecular complexity index is 667. The fourth-order valence-electron chi connectivity index (χ4n) is 2.29. The Morgan fingerprint density at radius 2 is 2.08 bits per heavy atom. The van der Waals surface area contributed by atoms with Crippen LogP contribution in [-0.2, 0) is 11.2 Å². The lowest BCUT2D eigenvalue weighted by Gasteiger charge is -2.08. The molecule has 0 aliphatic rings. The molecule has 1 amide bonds. The van der Waals surface area contributed by atoms with E-state index in [9.17, 15) is 4.79 Å². The molecule has 25 heavy (non-hydrogen) atoms. The minimum Gasteiger partial charge on any atom is -0.493 e. The van der Waals surface area contributed by atoms with E-state index in [0.717, 1.165) is 23.6 Å². The molecule has 1 heterocycles. The minimum absolute atomic E-state index is 0.0433. The van der Waals surface area contributed by atoms with Gasteiger partial charge in [-0.25, -0.2) is 0 Å². The zero-order chi connectivity index (χ0) is 18.1. The van der Waals surface area contributed by atoms with Crippen LogP contribution < -0.4 is 10.1 Å². The number of carbonyl (C=O) groups is 1. The van der Waals surface area contributed by atoms with E-state index in [2.05, 4.69) is 15.5 Å². The van der Waals surface area contributed by atoms with E-state index in [1.165, 1.54) is 0 Å². The average molecular weight is 345 g/mol. The third-order valence-electron chi connectivity index (χ3n) is 3.79. The molecule has 2 rings (SSSR count). The maximum Gasteiger partial charge on any atom is 0.226 e. The van der Waals surface area contributed by atoms with Gasteiger partial charge in [0.1, 0.15) is 5.75 Å². The van der Waals surface area contributed by atoms with Gasteiger partial charge in [-0.15, -0.1) is 0 Å². The van der Waals surface area contributed by atoms with Gasteiger partial charge in [-0.3, -0.25) is 4.79 Å². The van der Waals surface area contributed by atoms with Crippen molar-refractivity contribution in [1.82, 2.24) is 15.5 Å². The second-order valence-electron chi connectivity index (χ2n) is 6.37. The van der Waals surface area contributed by atoms with Crippen LogP contribution in [-0.4, -0.2) is 29.2 Å². The van der Waals surface area contributed by atoms with Crippen LogP contribution >= 0.6 is 0 Å². The van der Waals surface area contributed by atoms with Gasteiger partial charge < -0.3 is 14.6 Å². The number of nitrogens with zero attached hydrogens (tertiary/aromatic N) is 2. The minimum atomic E-state index is 0.0433. The van der Waals surface area contributed by atoms with Gasteiger partial charge in [-0.1, -0.05) is 37.2 Å². The van der Waals surface area contributed by atoms with Crippen molar-refractivity contribution in [2.45, 2.75) is 52.4 Å². The van der Waals surface area contributed by atoms with Gasteiger partial charge >= 0.3 is 0 Å². The van der Waals surface area contributed by atoms with Crippen molar-refractivity contribution in [2.24, 2.45) is 0 Å². The fraction of sp³-hybridized carbons (Fsp3) is 0.526. The van der Waals surface area contributed by atoms with Gasteiger partial charge in [-0.2, -0.15) is 4.98 Å². The van der Waals surface area contributed by atoms with Crippen molar-refractivity contribution in [3.8, 4) is 5.75 Å². The van der Waals surface area contributed by atoms with Gasteiger partial charge in [0.15, 0.2) is 5.82 Å². The second-order valence-corrected chi connectivity index (χ2v) is 6.37. The molecular weight excluding hydrogens is 318 g/mol. The zero-order valence-corrected chi connectivity index (χ0v) is 15.2. The molecule has 1 aromatic carbocycles. The molecule has 0 radical (unpaired) electrons. The van der Waals surface area contributed by atoms with Gasteiger partial charge in [-0.05, 0) is 31.4 Å². The summed E-state index contributed by atoms with van der Waals surface area (Å²) in [6.07, 6.45) is 2.62. The first-order valence-electron chi connectivity index (χ1n) is 8.84. The molecule has 0 saturated heterocycles. The third-order valence-corrected chi connectivity index (χ3v) is 3.79. The normalized spacial score (nSPS) is 10.9. The lowest BCUT2D eigenvalue weighted by molar-refractivity contribution is -0.121. The predicted octanol–water partition coefficient (Wildman–Crippen LogP) is 3.41. The number of aromatic nitrogens is 2. The lowest BCUT2D eigenvalue weighted by Crippen LogP contribution is -2.25. The van der Waals surface area contributed by atoms with Crippen molar-refractivity contribution in [3.63, 3.8) is 0 Å². The summed E-state index contributed by atoms with van der Waals surface area (Å²) in [5.41, 5.74) is 1.11. The Morgan fingerprint density at radius 3 is 2.80 bits per heavy atom. The molecule has 0 aliphatic carbocycles. The summed E-state index contributed by atoms with van der Waals surface area (Å²) < 4.78 is 10.9. The summed E-state index contributed by atoms with van der Waals surface area (Å²) in [5.74, 6) is 2.54. The molecule has 0 atom stereocenters. The van der Waals surface area contributed by atoms with E-state index in [0.29, 0.717) is 38.3 Å². The molecule has 136 valence electrons. The number of benzene rings is 1. The van der Waals surface area contributed by atoms with E-state index in [-0.39, 0.29) is 11.8 Å². The number of carbonyl (C=O) groups excluding carboxylic acids is 1. The van der Waals surface area contributed by atoms with E-state index >= 15 is 0 Å². The first-order valence-corrected chi connectivity index (χ1v) is 8.84. The van der Waals surface area contributed by atoms with Crippen molar-refractivity contribution in [3.05, 3.63) is 41.5 Å². The maximum absolute atomic E-state index is 11.8. The average Bonchev–Trinajstić information content (AvgIpc) is 3.06. The number of hydrogen-bond acceptors (Lipinski definition) is 5. The Kier molecular flexibility index (Phi) is 7.44. The van der Waals surface area contributed by atoms with Crippen molar-refractivity contribution in [1.29, 1.82) is 0 Å². The number of amides is 1. The molecule has 0 saturated carbocycles. The Labute approximate surface area is 149 Å². The molecule has 0 aliphatic heterocycles. The van der Waals surface area contributed by atoms with Crippen LogP contribution in [0.3, 0.4) is 0 Å². The smallest absolute Gasteiger partial charge is 0.226 e. The Morgan fingerprint density at radius 1 is 1.28 bits per heavy atom. The SMILES string of the molecule is Cc1ccccc1OCCCC(=O)NCCCc1nc(C(C)C)no1. The molecule has 0 spiro atoms. The second kappa shape index (κ2) is 9.81. The van der Waals surface area contributed by atoms with Crippen LogP contribution in [0.5, 0.6) is 5.75 Å². The van der Waals surface area contributed by atoms with Gasteiger partial charge in [0.05, 0.1) is 6.61 Å². The monoisotopic (exact) mass is 345 g/mol. The van der Waals surface area contributed by atoms with Crippen LogP contribution in [0.25, 0.3) is 0 Å². The summed E-state index contributed by atoms with van der Waals surface area (Å²) in [6, 6.07) is 7.88. The van der Waals surface area contributed by atoms with E-state index < -0.39 is 0 Å². The molecule has 0 unspecified atom stereocenters. The molecule has 1 aromatic heterocycles. The summed E-state index contributed by atoms with van der Waals surface area (Å²) in [5, 5.41) is 6.83. The number of nitrogens with one attached hydrogen (secondary N) is 1. The Balaban J connectivity index is 1.54. The van der Waals surface area contributed by atoms with Crippen LogP contribution in [0, 0.1) is 6.92 Å². The number of aryl methyl sites for hydroxylation is 2. The first kappa shape index (κ1) is 19.0. The van der Waals surface area contributed by atoms with Crippen molar-refractivity contribution < 1.29 is 14.1 Å². The highest BCUT2D eigenvalue weighted by atomic mass is 16.5. The molecule has 0 bridgehead atoms. The maximum atomic E-state index is 11.8. The van der Waals surface area contributed by atoms with Crippen molar-refractivity contribution in [2.75, 3.05) is 13.2 Å². The molecule has 0 fully saturated rings. The largest absolute Gasteiger partial charge is 0.493 e. The third kappa shape index (κ3) is 6.57. The summed E-state index contributed by atoms with van der Waals surface area (Å²) in [7, 11) is 0. The van der Waals surface area contributed by atoms with Gasteiger partial charge in [0.2, 0.25) is 11.8 Å². The van der Waals surface area contributed by atoms with Crippen molar-refractivity contribution >= 4 is 5.91 Å². The van der Waals surface area contributed by atoms with Crippen LogP contribution in [0.1, 0.15) is 56.3 Å². The molecule has 6 nitrogen and oxygen atoms in total. The molecular formula is C19H27N3O3. The van der Waals surface area contributed by atoms with Crippen LogP contribution in [0.2, 0.25) is 0 Å². The van der Waals surface area contributed by atoms with Gasteiger partial charge in [0, 0.05) is 25.3 Å². The molecule has 1 N–H and O–H groups in total. The topological polar surface area (TPSA) is 77.2 Å². The summed E-state index contributed by atoms with van der Waals surface area (Å²) in [6.45, 7) is 7.21. The summed E-state index contributed by atoms with van der Waals surface area (Å²) >= 11 is 0.